The predicted molar refractivity (Wildman–Crippen MR) is 94.5 cm³/mol. The monoisotopic (exact) mass is 345 g/mol. The number of alkyl carbamates (subject to hydrolysis) is 1. The van der Waals surface area contributed by atoms with Gasteiger partial charge in [-0.1, -0.05) is 24.3 Å². The van der Waals surface area contributed by atoms with Gasteiger partial charge in [-0.25, -0.2) is 9.59 Å². The van der Waals surface area contributed by atoms with Crippen molar-refractivity contribution in [3.63, 3.8) is 0 Å². The molecule has 0 radical (unpaired) electrons. The molecule has 0 aliphatic heterocycles. The first kappa shape index (κ1) is 18.6. The van der Waals surface area contributed by atoms with Crippen molar-refractivity contribution in [3.05, 3.63) is 42.0 Å². The van der Waals surface area contributed by atoms with Gasteiger partial charge in [0.2, 0.25) is 0 Å². The van der Waals surface area contributed by atoms with Crippen molar-refractivity contribution in [2.75, 3.05) is 7.11 Å². The second kappa shape index (κ2) is 7.42. The van der Waals surface area contributed by atoms with Crippen molar-refractivity contribution in [1.82, 2.24) is 5.32 Å². The van der Waals surface area contributed by atoms with E-state index >= 15 is 0 Å². The second-order valence-corrected chi connectivity index (χ2v) is 6.79. The molecule has 0 aliphatic rings. The van der Waals surface area contributed by atoms with E-state index in [0.29, 0.717) is 0 Å². The summed E-state index contributed by atoms with van der Waals surface area (Å²) in [4.78, 5) is 24.0. The van der Waals surface area contributed by atoms with Crippen molar-refractivity contribution in [1.29, 1.82) is 0 Å². The summed E-state index contributed by atoms with van der Waals surface area (Å²) in [6.45, 7) is 5.25. The number of phenols is 1. The van der Waals surface area contributed by atoms with E-state index < -0.39 is 23.7 Å². The maximum Gasteiger partial charge on any atom is 0.408 e. The number of hydrogen-bond donors (Lipinski definition) is 2. The van der Waals surface area contributed by atoms with E-state index in [4.69, 9.17) is 9.47 Å². The molecule has 0 fully saturated rings. The zero-order chi connectivity index (χ0) is 18.6. The Morgan fingerprint density at radius 3 is 2.40 bits per heavy atom. The number of benzene rings is 2. The van der Waals surface area contributed by atoms with Crippen LogP contribution in [0.25, 0.3) is 10.8 Å². The number of carbonyl (C=O) groups is 2. The van der Waals surface area contributed by atoms with Crippen LogP contribution < -0.4 is 5.32 Å². The third-order valence-corrected chi connectivity index (χ3v) is 3.50. The summed E-state index contributed by atoms with van der Waals surface area (Å²) in [7, 11) is 1.27. The topological polar surface area (TPSA) is 84.9 Å². The highest BCUT2D eigenvalue weighted by atomic mass is 16.6. The molecule has 2 aromatic carbocycles. The van der Waals surface area contributed by atoms with Gasteiger partial charge in [-0.2, -0.15) is 0 Å². The molecule has 25 heavy (non-hydrogen) atoms. The molecular weight excluding hydrogens is 322 g/mol. The fourth-order valence-electron chi connectivity index (χ4n) is 2.43. The smallest absolute Gasteiger partial charge is 0.408 e. The quantitative estimate of drug-likeness (QED) is 0.832. The number of nitrogens with one attached hydrogen (secondary N) is 1. The van der Waals surface area contributed by atoms with Gasteiger partial charge in [0, 0.05) is 6.42 Å². The first-order chi connectivity index (χ1) is 11.7. The average molecular weight is 345 g/mol. The minimum Gasteiger partial charge on any atom is -0.508 e. The van der Waals surface area contributed by atoms with Crippen LogP contribution in [-0.2, 0) is 20.7 Å². The number of ether oxygens (including phenoxy) is 2. The van der Waals surface area contributed by atoms with Crippen LogP contribution in [0.2, 0.25) is 0 Å². The van der Waals surface area contributed by atoms with Gasteiger partial charge in [-0.3, -0.25) is 0 Å². The molecule has 2 rings (SSSR count). The number of hydrogen-bond acceptors (Lipinski definition) is 5. The fourth-order valence-corrected chi connectivity index (χ4v) is 2.43. The summed E-state index contributed by atoms with van der Waals surface area (Å²) >= 11 is 0. The van der Waals surface area contributed by atoms with Crippen LogP contribution in [0.1, 0.15) is 26.3 Å². The minimum atomic E-state index is -0.852. The molecule has 6 heteroatoms. The van der Waals surface area contributed by atoms with E-state index in [1.807, 2.05) is 18.2 Å². The first-order valence-corrected chi connectivity index (χ1v) is 7.97. The van der Waals surface area contributed by atoms with Crippen molar-refractivity contribution < 1.29 is 24.2 Å². The Morgan fingerprint density at radius 2 is 1.76 bits per heavy atom. The van der Waals surface area contributed by atoms with Crippen molar-refractivity contribution in [2.45, 2.75) is 38.8 Å². The molecule has 1 amide bonds. The van der Waals surface area contributed by atoms with Crippen LogP contribution in [0.4, 0.5) is 4.79 Å². The normalized spacial score (nSPS) is 12.5. The second-order valence-electron chi connectivity index (χ2n) is 6.79. The largest absolute Gasteiger partial charge is 0.508 e. The van der Waals surface area contributed by atoms with E-state index in [2.05, 4.69) is 5.32 Å². The SMILES string of the molecule is COC(=O)[C@H](Cc1ccc2cc(O)ccc2c1)NC(=O)OC(C)(C)C. The van der Waals surface area contributed by atoms with Crippen molar-refractivity contribution in [3.8, 4) is 5.75 Å². The van der Waals surface area contributed by atoms with Gasteiger partial charge < -0.3 is 19.9 Å². The lowest BCUT2D eigenvalue weighted by atomic mass is 10.0. The number of carbonyl (C=O) groups excluding carboxylic acids is 2. The Labute approximate surface area is 146 Å². The number of rotatable bonds is 4. The number of fused-ring (bicyclic) bond motifs is 1. The maximum atomic E-state index is 12.0. The Morgan fingerprint density at radius 1 is 1.12 bits per heavy atom. The summed E-state index contributed by atoms with van der Waals surface area (Å²) in [6, 6.07) is 9.80. The molecule has 0 bridgehead atoms. The van der Waals surface area contributed by atoms with Crippen LogP contribution in [0.3, 0.4) is 0 Å². The van der Waals surface area contributed by atoms with Crippen LogP contribution in [0, 0.1) is 0 Å². The van der Waals surface area contributed by atoms with Crippen LogP contribution in [0.15, 0.2) is 36.4 Å². The minimum absolute atomic E-state index is 0.194. The van der Waals surface area contributed by atoms with E-state index in [0.717, 1.165) is 16.3 Å². The molecule has 0 aromatic heterocycles. The highest BCUT2D eigenvalue weighted by Gasteiger charge is 2.25. The van der Waals surface area contributed by atoms with Crippen LogP contribution in [-0.4, -0.2) is 35.9 Å². The van der Waals surface area contributed by atoms with Gasteiger partial charge in [0.25, 0.3) is 0 Å². The van der Waals surface area contributed by atoms with Gasteiger partial charge in [-0.15, -0.1) is 0 Å². The zero-order valence-electron chi connectivity index (χ0n) is 14.8. The van der Waals surface area contributed by atoms with Gasteiger partial charge in [0.15, 0.2) is 0 Å². The number of phenolic OH excluding ortho intramolecular Hbond substituents is 1. The Bertz CT molecular complexity index is 779. The standard InChI is InChI=1S/C19H23NO5/c1-19(2,3)25-18(23)20-16(17(22)24-4)10-12-5-6-14-11-15(21)8-7-13(14)9-12/h5-9,11,16,21H,10H2,1-4H3,(H,20,23)/t16-/m0/s1. The summed E-state index contributed by atoms with van der Waals surface area (Å²) in [5, 5.41) is 13.9. The molecule has 6 nitrogen and oxygen atoms in total. The van der Waals surface area contributed by atoms with Crippen molar-refractivity contribution in [2.24, 2.45) is 0 Å². The molecule has 2 aromatic rings. The highest BCUT2D eigenvalue weighted by Crippen LogP contribution is 2.22. The van der Waals surface area contributed by atoms with E-state index in [1.165, 1.54) is 7.11 Å². The summed E-state index contributed by atoms with van der Waals surface area (Å²) in [6.07, 6.45) is -0.406. The third-order valence-electron chi connectivity index (χ3n) is 3.50. The number of amides is 1. The molecule has 0 saturated heterocycles. The Balaban J connectivity index is 2.17. The first-order valence-electron chi connectivity index (χ1n) is 7.97. The third kappa shape index (κ3) is 5.38. The molecule has 2 N–H and O–H groups in total. The lowest BCUT2D eigenvalue weighted by Gasteiger charge is -2.22. The highest BCUT2D eigenvalue weighted by molar-refractivity contribution is 5.85. The van der Waals surface area contributed by atoms with Gasteiger partial charge in [0.05, 0.1) is 7.11 Å². The molecule has 1 atom stereocenters. The molecule has 0 saturated carbocycles. The molecule has 0 unspecified atom stereocenters. The summed E-state index contributed by atoms with van der Waals surface area (Å²) in [5.41, 5.74) is 0.194. The molecule has 0 aliphatic carbocycles. The molecule has 134 valence electrons. The molecule has 0 heterocycles. The zero-order valence-corrected chi connectivity index (χ0v) is 14.8. The lowest BCUT2D eigenvalue weighted by Crippen LogP contribution is -2.45. The maximum absolute atomic E-state index is 12.0. The van der Waals surface area contributed by atoms with Crippen LogP contribution in [0.5, 0.6) is 5.75 Å². The summed E-state index contributed by atoms with van der Waals surface area (Å²) < 4.78 is 9.97. The van der Waals surface area contributed by atoms with Gasteiger partial charge in [-0.05, 0) is 49.2 Å². The Hall–Kier alpha value is -2.76. The Kier molecular flexibility index (Phi) is 5.51. The van der Waals surface area contributed by atoms with Gasteiger partial charge in [0.1, 0.15) is 17.4 Å². The molecule has 0 spiro atoms. The lowest BCUT2D eigenvalue weighted by molar-refractivity contribution is -0.143. The molecular formula is C19H23NO5. The number of esters is 1. The fraction of sp³-hybridized carbons (Fsp3) is 0.368. The van der Waals surface area contributed by atoms with E-state index in [-0.39, 0.29) is 12.2 Å². The van der Waals surface area contributed by atoms with Crippen molar-refractivity contribution >= 4 is 22.8 Å². The average Bonchev–Trinajstić information content (AvgIpc) is 2.51. The predicted octanol–water partition coefficient (Wildman–Crippen LogP) is 3.15. The van der Waals surface area contributed by atoms with Crippen LogP contribution >= 0.6 is 0 Å². The number of aromatic hydroxyl groups is 1. The van der Waals surface area contributed by atoms with Gasteiger partial charge >= 0.3 is 12.1 Å². The number of methoxy groups -OCH3 is 1. The van der Waals surface area contributed by atoms with E-state index in [1.54, 1.807) is 39.0 Å². The van der Waals surface area contributed by atoms with E-state index in [9.17, 15) is 14.7 Å². The summed E-state index contributed by atoms with van der Waals surface area (Å²) in [5.74, 6) is -0.351.